The second-order valence-electron chi connectivity index (χ2n) is 7.67. The normalized spacial score (nSPS) is 12.7. The third kappa shape index (κ3) is 6.35. The molecule has 0 radical (unpaired) electrons. The van der Waals surface area contributed by atoms with Gasteiger partial charge in [0.15, 0.2) is 0 Å². The van der Waals surface area contributed by atoms with Gasteiger partial charge in [-0.05, 0) is 55.0 Å². The first-order chi connectivity index (χ1) is 12.9. The second kappa shape index (κ2) is 10.1. The first-order valence-corrected chi connectivity index (χ1v) is 9.87. The third-order valence-electron chi connectivity index (χ3n) is 4.58. The van der Waals surface area contributed by atoms with E-state index in [2.05, 4.69) is 81.1 Å². The molecule has 1 N–H and O–H groups in total. The topological polar surface area (TPSA) is 37.3 Å². The van der Waals surface area contributed by atoms with Crippen molar-refractivity contribution in [2.75, 3.05) is 11.9 Å². The van der Waals surface area contributed by atoms with Crippen LogP contribution in [0.5, 0.6) is 0 Å². The minimum Gasteiger partial charge on any atom is -0.359 e. The van der Waals surface area contributed by atoms with E-state index in [1.165, 1.54) is 16.8 Å². The molecule has 3 heteroatoms. The zero-order valence-electron chi connectivity index (χ0n) is 17.6. The Balaban J connectivity index is 2.11. The lowest BCUT2D eigenvalue weighted by atomic mass is 9.92. The summed E-state index contributed by atoms with van der Waals surface area (Å²) in [5, 5.41) is 3.65. The molecule has 0 unspecified atom stereocenters. The molecule has 0 aliphatic carbocycles. The van der Waals surface area contributed by atoms with Gasteiger partial charge in [0.2, 0.25) is 0 Å². The van der Waals surface area contributed by atoms with E-state index >= 15 is 0 Å². The highest BCUT2D eigenvalue weighted by atomic mass is 14.9. The monoisotopic (exact) mass is 363 g/mol. The molecule has 1 aromatic carbocycles. The zero-order valence-corrected chi connectivity index (χ0v) is 17.6. The van der Waals surface area contributed by atoms with Crippen LogP contribution < -0.4 is 5.32 Å². The van der Waals surface area contributed by atoms with E-state index in [1.807, 2.05) is 24.4 Å². The largest absolute Gasteiger partial charge is 0.359 e. The number of pyridine rings is 1. The number of aromatic nitrogens is 1. The van der Waals surface area contributed by atoms with Crippen molar-refractivity contribution >= 4 is 11.4 Å². The first kappa shape index (κ1) is 20.9. The number of nitrogens with one attached hydrogen (secondary N) is 1. The molecule has 1 aromatic heterocycles. The summed E-state index contributed by atoms with van der Waals surface area (Å²) >= 11 is 0. The highest BCUT2D eigenvalue weighted by molar-refractivity contribution is 5.93. The molecule has 0 atom stereocenters. The summed E-state index contributed by atoms with van der Waals surface area (Å²) in [5.74, 6) is 0.958. The Morgan fingerprint density at radius 1 is 1.00 bits per heavy atom. The number of allylic oxidation sites excluding steroid dienone is 2. The summed E-state index contributed by atoms with van der Waals surface area (Å²) in [6, 6.07) is 12.6. The van der Waals surface area contributed by atoms with E-state index in [0.717, 1.165) is 30.1 Å². The van der Waals surface area contributed by atoms with Crippen molar-refractivity contribution < 1.29 is 0 Å². The van der Waals surface area contributed by atoms with Crippen LogP contribution in [-0.4, -0.2) is 17.2 Å². The molecule has 0 fully saturated rings. The van der Waals surface area contributed by atoms with E-state index in [-0.39, 0.29) is 0 Å². The molecule has 0 aliphatic rings. The van der Waals surface area contributed by atoms with Crippen LogP contribution in [0.3, 0.4) is 0 Å². The van der Waals surface area contributed by atoms with E-state index in [1.54, 1.807) is 0 Å². The molecule has 2 aromatic rings. The van der Waals surface area contributed by atoms with Crippen LogP contribution >= 0.6 is 0 Å². The molecule has 144 valence electrons. The fourth-order valence-corrected chi connectivity index (χ4v) is 3.18. The SMILES string of the molecule is CC(/C=C(/C)Nc1c(C(C)C)cccc1C(C)C)=NCCc1ccccn1. The van der Waals surface area contributed by atoms with Crippen molar-refractivity contribution in [2.45, 2.75) is 59.8 Å². The summed E-state index contributed by atoms with van der Waals surface area (Å²) in [7, 11) is 0. The van der Waals surface area contributed by atoms with Gasteiger partial charge in [-0.1, -0.05) is 52.0 Å². The predicted molar refractivity (Wildman–Crippen MR) is 118 cm³/mol. The fraction of sp³-hybridized carbons (Fsp3) is 0.417. The standard InChI is InChI=1S/C24H33N3/c1-17(2)22-11-9-12-23(18(3)4)24(22)27-20(6)16-19(5)25-15-13-21-10-7-8-14-26-21/h7-12,14,16-18,27H,13,15H2,1-6H3/b20-16-,25-19?. The van der Waals surface area contributed by atoms with E-state index in [4.69, 9.17) is 0 Å². The van der Waals surface area contributed by atoms with Crippen LogP contribution in [-0.2, 0) is 6.42 Å². The minimum atomic E-state index is 0.479. The van der Waals surface area contributed by atoms with Crippen molar-refractivity contribution in [1.29, 1.82) is 0 Å². The Labute approximate surface area is 164 Å². The van der Waals surface area contributed by atoms with Crippen molar-refractivity contribution in [3.63, 3.8) is 0 Å². The molecule has 0 amide bonds. The third-order valence-corrected chi connectivity index (χ3v) is 4.58. The number of benzene rings is 1. The van der Waals surface area contributed by atoms with Crippen LogP contribution in [0.2, 0.25) is 0 Å². The van der Waals surface area contributed by atoms with Gasteiger partial charge in [-0.2, -0.15) is 0 Å². The summed E-state index contributed by atoms with van der Waals surface area (Å²) in [5.41, 5.74) is 7.20. The fourth-order valence-electron chi connectivity index (χ4n) is 3.18. The first-order valence-electron chi connectivity index (χ1n) is 9.87. The highest BCUT2D eigenvalue weighted by Crippen LogP contribution is 2.33. The van der Waals surface area contributed by atoms with Crippen molar-refractivity contribution in [1.82, 2.24) is 4.98 Å². The number of aliphatic imine (C=N–C) groups is 1. The van der Waals surface area contributed by atoms with Crippen LogP contribution in [0.4, 0.5) is 5.69 Å². The maximum Gasteiger partial charge on any atom is 0.0452 e. The lowest BCUT2D eigenvalue weighted by Gasteiger charge is -2.21. The Hall–Kier alpha value is -2.42. The summed E-state index contributed by atoms with van der Waals surface area (Å²) < 4.78 is 0. The molecule has 0 bridgehead atoms. The summed E-state index contributed by atoms with van der Waals surface area (Å²) in [6.45, 7) is 13.9. The van der Waals surface area contributed by atoms with Gasteiger partial charge >= 0.3 is 0 Å². The Morgan fingerprint density at radius 3 is 2.22 bits per heavy atom. The smallest absolute Gasteiger partial charge is 0.0452 e. The Bertz CT molecular complexity index is 760. The quantitative estimate of drug-likeness (QED) is 0.555. The van der Waals surface area contributed by atoms with E-state index in [9.17, 15) is 0 Å². The molecule has 0 saturated carbocycles. The van der Waals surface area contributed by atoms with Crippen molar-refractivity contribution in [3.8, 4) is 0 Å². The van der Waals surface area contributed by atoms with E-state index in [0.29, 0.717) is 11.8 Å². The van der Waals surface area contributed by atoms with Crippen LogP contribution in [0.25, 0.3) is 0 Å². The minimum absolute atomic E-state index is 0.479. The van der Waals surface area contributed by atoms with Gasteiger partial charge in [-0.3, -0.25) is 9.98 Å². The van der Waals surface area contributed by atoms with E-state index < -0.39 is 0 Å². The molecule has 0 spiro atoms. The molecule has 0 aliphatic heterocycles. The van der Waals surface area contributed by atoms with Crippen LogP contribution in [0, 0.1) is 0 Å². The summed E-state index contributed by atoms with van der Waals surface area (Å²) in [6.07, 6.45) is 4.82. The van der Waals surface area contributed by atoms with Gasteiger partial charge in [0.05, 0.1) is 0 Å². The van der Waals surface area contributed by atoms with Gasteiger partial charge in [0.1, 0.15) is 0 Å². The average molecular weight is 364 g/mol. The molecule has 1 heterocycles. The maximum absolute atomic E-state index is 4.68. The summed E-state index contributed by atoms with van der Waals surface area (Å²) in [4.78, 5) is 9.02. The number of para-hydroxylation sites is 1. The molecule has 27 heavy (non-hydrogen) atoms. The Morgan fingerprint density at radius 2 is 1.67 bits per heavy atom. The number of hydrogen-bond donors (Lipinski definition) is 1. The average Bonchev–Trinajstić information content (AvgIpc) is 2.62. The lowest BCUT2D eigenvalue weighted by Crippen LogP contribution is -2.07. The van der Waals surface area contributed by atoms with Crippen molar-refractivity contribution in [3.05, 3.63) is 71.2 Å². The second-order valence-corrected chi connectivity index (χ2v) is 7.67. The van der Waals surface area contributed by atoms with Gasteiger partial charge in [-0.25, -0.2) is 0 Å². The van der Waals surface area contributed by atoms with Crippen LogP contribution in [0.15, 0.2) is 59.4 Å². The molecular formula is C24H33N3. The van der Waals surface area contributed by atoms with Crippen LogP contribution in [0.1, 0.15) is 70.2 Å². The van der Waals surface area contributed by atoms with Gasteiger partial charge in [0.25, 0.3) is 0 Å². The molecule has 3 nitrogen and oxygen atoms in total. The molecule has 0 saturated heterocycles. The van der Waals surface area contributed by atoms with Gasteiger partial charge in [-0.15, -0.1) is 0 Å². The number of rotatable bonds is 8. The number of anilines is 1. The molecular weight excluding hydrogens is 330 g/mol. The van der Waals surface area contributed by atoms with Gasteiger partial charge in [0, 0.05) is 42.0 Å². The highest BCUT2D eigenvalue weighted by Gasteiger charge is 2.13. The number of nitrogens with zero attached hydrogens (tertiary/aromatic N) is 2. The Kier molecular flexibility index (Phi) is 7.78. The lowest BCUT2D eigenvalue weighted by molar-refractivity contribution is 0.837. The predicted octanol–water partition coefficient (Wildman–Crippen LogP) is 6.35. The molecule has 2 rings (SSSR count). The zero-order chi connectivity index (χ0) is 19.8. The number of hydrogen-bond acceptors (Lipinski definition) is 3. The van der Waals surface area contributed by atoms with Crippen molar-refractivity contribution in [2.24, 2.45) is 4.99 Å². The maximum atomic E-state index is 4.68. The van der Waals surface area contributed by atoms with Gasteiger partial charge < -0.3 is 5.32 Å².